The summed E-state index contributed by atoms with van der Waals surface area (Å²) >= 11 is 0. The largest absolute Gasteiger partial charge is 0.425 e. The number of carbonyl (C=O) groups is 4. The Bertz CT molecular complexity index is 1440. The Morgan fingerprint density at radius 2 is 0.272 bits per heavy atom. The molecule has 0 aliphatic heterocycles. The lowest BCUT2D eigenvalue weighted by Crippen LogP contribution is -2.27. The highest BCUT2D eigenvalue weighted by Crippen LogP contribution is 2.22. The molecule has 0 fully saturated rings. The molecule has 0 radical (unpaired) electrons. The van der Waals surface area contributed by atoms with Crippen LogP contribution in [-0.4, -0.2) is 49.7 Å². The van der Waals surface area contributed by atoms with Crippen LogP contribution in [0.5, 0.6) is 0 Å². The van der Waals surface area contributed by atoms with E-state index in [1.165, 1.54) is 411 Å². The fourth-order valence-corrected chi connectivity index (χ4v) is 15.0. The molecule has 9 nitrogen and oxygen atoms in total. The predicted octanol–water partition coefficient (Wildman–Crippen LogP) is 31.9. The van der Waals surface area contributed by atoms with E-state index >= 15 is 0 Å². The zero-order chi connectivity index (χ0) is 74.4. The summed E-state index contributed by atoms with van der Waals surface area (Å²) in [5.41, 5.74) is 0. The minimum atomic E-state index is -1.04. The van der Waals surface area contributed by atoms with Crippen molar-refractivity contribution in [1.29, 1.82) is 0 Å². The van der Waals surface area contributed by atoms with Crippen LogP contribution in [0.25, 0.3) is 0 Å². The fraction of sp³-hybridized carbons (Fsp3) is 0.957. The Hall–Kier alpha value is -2.16. The van der Waals surface area contributed by atoms with Gasteiger partial charge in [0, 0.05) is 38.5 Å². The minimum Gasteiger partial charge on any atom is -0.425 e. The van der Waals surface area contributed by atoms with Gasteiger partial charge in [-0.3, -0.25) is 19.2 Å². The quantitative estimate of drug-likeness (QED) is 0.0334. The third-order valence-corrected chi connectivity index (χ3v) is 22.0. The van der Waals surface area contributed by atoms with E-state index in [1.807, 2.05) is 0 Å². The Morgan fingerprint density at radius 1 is 0.165 bits per heavy atom. The smallest absolute Gasteiger partial charge is 0.308 e. The second-order valence-corrected chi connectivity index (χ2v) is 32.5. The molecule has 612 valence electrons. The Morgan fingerprint density at radius 3 is 0.388 bits per heavy atom. The van der Waals surface area contributed by atoms with E-state index in [1.54, 1.807) is 0 Å². The Kier molecular flexibility index (Phi) is 86.9. The van der Waals surface area contributed by atoms with Crippen molar-refractivity contribution in [3.63, 3.8) is 0 Å². The standard InChI is InChI=1S/C94H182O9/c1-5-9-13-17-21-25-29-33-37-41-45-49-53-57-61-65-69-73-77-81-89(95)100-93(101-90(96)82-78-74-70-66-62-58-54-50-46-42-38-34-30-26-22-18-14-10-6-2)85-87-99-88-86-94(102-91(97)83-79-75-71-67-63-59-55-51-47-43-39-35-31-27-23-19-15-11-7-3)103-92(98)84-80-76-72-68-64-60-56-52-48-44-40-36-32-28-24-20-16-12-8-4/h93-94H,5-88H2,1-4H3. The number of rotatable bonds is 90. The van der Waals surface area contributed by atoms with Crippen LogP contribution in [0.15, 0.2) is 0 Å². The molecule has 0 saturated heterocycles. The molecule has 9 heteroatoms. The molecule has 0 aromatic heterocycles. The maximum Gasteiger partial charge on any atom is 0.308 e. The summed E-state index contributed by atoms with van der Waals surface area (Å²) in [4.78, 5) is 53.1. The zero-order valence-corrected chi connectivity index (χ0v) is 70.2. The van der Waals surface area contributed by atoms with Gasteiger partial charge in [-0.25, -0.2) is 0 Å². The van der Waals surface area contributed by atoms with Gasteiger partial charge >= 0.3 is 23.9 Å². The molecular formula is C94H182O9. The second-order valence-electron chi connectivity index (χ2n) is 32.5. The van der Waals surface area contributed by atoms with Gasteiger partial charge in [-0.2, -0.15) is 0 Å². The van der Waals surface area contributed by atoms with Crippen LogP contribution in [0.1, 0.15) is 554 Å². The zero-order valence-electron chi connectivity index (χ0n) is 70.2. The van der Waals surface area contributed by atoms with Crippen LogP contribution in [0, 0.1) is 0 Å². The Labute approximate surface area is 643 Å². The van der Waals surface area contributed by atoms with Crippen molar-refractivity contribution >= 4 is 23.9 Å². The normalized spacial score (nSPS) is 11.6. The van der Waals surface area contributed by atoms with Crippen LogP contribution < -0.4 is 0 Å². The van der Waals surface area contributed by atoms with E-state index in [9.17, 15) is 19.2 Å². The molecule has 0 heterocycles. The van der Waals surface area contributed by atoms with Crippen molar-refractivity contribution in [2.75, 3.05) is 13.2 Å². The van der Waals surface area contributed by atoms with Crippen molar-refractivity contribution in [1.82, 2.24) is 0 Å². The summed E-state index contributed by atoms with van der Waals surface area (Å²) in [6.45, 7) is 9.49. The number of carbonyl (C=O) groups excluding carboxylic acids is 4. The molecule has 0 saturated carbocycles. The molecule has 0 rings (SSSR count). The molecule has 0 bridgehead atoms. The van der Waals surface area contributed by atoms with Crippen molar-refractivity contribution in [3.8, 4) is 0 Å². The molecule has 0 unspecified atom stereocenters. The van der Waals surface area contributed by atoms with Gasteiger partial charge in [-0.15, -0.1) is 0 Å². The monoisotopic (exact) mass is 1460 g/mol. The van der Waals surface area contributed by atoms with Crippen LogP contribution >= 0.6 is 0 Å². The highest BCUT2D eigenvalue weighted by molar-refractivity contribution is 5.72. The van der Waals surface area contributed by atoms with Gasteiger partial charge in [0.05, 0.1) is 13.2 Å². The molecule has 0 aromatic rings. The van der Waals surface area contributed by atoms with E-state index in [0.717, 1.165) is 77.0 Å². The number of esters is 4. The first kappa shape index (κ1) is 101. The SMILES string of the molecule is CCCCCCCCCCCCCCCCCCCCCC(=O)OC(CCOCCC(OC(=O)CCCCCCCCCCCCCCCCCCCCC)OC(=O)CCCCCCCCCCCCCCCCCCCCC)OC(=O)CCCCCCCCCCCCCCCCCCCCC. The highest BCUT2D eigenvalue weighted by Gasteiger charge is 2.22. The summed E-state index contributed by atoms with van der Waals surface area (Å²) in [6.07, 6.45) is 98.1. The molecule has 0 atom stereocenters. The maximum absolute atomic E-state index is 13.3. The molecule has 0 aliphatic carbocycles. The van der Waals surface area contributed by atoms with Crippen molar-refractivity contribution < 1.29 is 42.9 Å². The summed E-state index contributed by atoms with van der Waals surface area (Å²) in [5, 5.41) is 0. The topological polar surface area (TPSA) is 114 Å². The van der Waals surface area contributed by atoms with Gasteiger partial charge in [0.15, 0.2) is 0 Å². The van der Waals surface area contributed by atoms with E-state index in [-0.39, 0.29) is 49.9 Å². The van der Waals surface area contributed by atoms with Gasteiger partial charge in [0.25, 0.3) is 0 Å². The molecular weight excluding hydrogens is 1270 g/mol. The lowest BCUT2D eigenvalue weighted by molar-refractivity contribution is -0.192. The third-order valence-electron chi connectivity index (χ3n) is 22.0. The van der Waals surface area contributed by atoms with Crippen LogP contribution in [0.3, 0.4) is 0 Å². The highest BCUT2D eigenvalue weighted by atomic mass is 16.7. The number of ether oxygens (including phenoxy) is 5. The van der Waals surface area contributed by atoms with Gasteiger partial charge in [-0.1, -0.05) is 490 Å². The molecule has 0 aromatic carbocycles. The first-order chi connectivity index (χ1) is 50.9. The van der Waals surface area contributed by atoms with Crippen molar-refractivity contribution in [2.45, 2.75) is 567 Å². The van der Waals surface area contributed by atoms with Gasteiger partial charge < -0.3 is 23.7 Å². The molecule has 0 N–H and O–H groups in total. The van der Waals surface area contributed by atoms with Crippen LogP contribution in [0.4, 0.5) is 0 Å². The Balaban J connectivity index is 5.13. The number of hydrogen-bond donors (Lipinski definition) is 0. The van der Waals surface area contributed by atoms with E-state index in [4.69, 9.17) is 23.7 Å². The van der Waals surface area contributed by atoms with Gasteiger partial charge in [-0.05, 0) is 25.7 Å². The predicted molar refractivity (Wildman–Crippen MR) is 444 cm³/mol. The van der Waals surface area contributed by atoms with Crippen LogP contribution in [-0.2, 0) is 42.9 Å². The average molecular weight is 1460 g/mol. The molecule has 0 amide bonds. The van der Waals surface area contributed by atoms with E-state index in [0.29, 0.717) is 25.7 Å². The summed E-state index contributed by atoms with van der Waals surface area (Å²) in [7, 11) is 0. The fourth-order valence-electron chi connectivity index (χ4n) is 15.0. The molecule has 0 spiro atoms. The van der Waals surface area contributed by atoms with Gasteiger partial charge in [0.2, 0.25) is 12.6 Å². The summed E-state index contributed by atoms with van der Waals surface area (Å²) in [6, 6.07) is 0. The number of hydrogen-bond acceptors (Lipinski definition) is 9. The lowest BCUT2D eigenvalue weighted by atomic mass is 10.0. The second kappa shape index (κ2) is 88.7. The first-order valence-electron chi connectivity index (χ1n) is 47.2. The third kappa shape index (κ3) is 85.3. The maximum atomic E-state index is 13.3. The van der Waals surface area contributed by atoms with Gasteiger partial charge in [0.1, 0.15) is 0 Å². The minimum absolute atomic E-state index is 0.164. The van der Waals surface area contributed by atoms with Crippen molar-refractivity contribution in [2.24, 2.45) is 0 Å². The summed E-state index contributed by atoms with van der Waals surface area (Å²) in [5.74, 6) is -1.38. The average Bonchev–Trinajstić information content (AvgIpc) is 1.16. The van der Waals surface area contributed by atoms with E-state index in [2.05, 4.69) is 27.7 Å². The molecule has 103 heavy (non-hydrogen) atoms. The lowest BCUT2D eigenvalue weighted by Gasteiger charge is -2.20. The molecule has 0 aliphatic rings. The first-order valence-corrected chi connectivity index (χ1v) is 47.2. The van der Waals surface area contributed by atoms with E-state index < -0.39 is 12.6 Å². The summed E-state index contributed by atoms with van der Waals surface area (Å²) < 4.78 is 29.5. The number of unbranched alkanes of at least 4 members (excludes halogenated alkanes) is 72. The van der Waals surface area contributed by atoms with Crippen LogP contribution in [0.2, 0.25) is 0 Å². The van der Waals surface area contributed by atoms with Crippen molar-refractivity contribution in [3.05, 3.63) is 0 Å².